The highest BCUT2D eigenvalue weighted by Gasteiger charge is 2.69. The molecule has 0 radical (unpaired) electrons. The fourth-order valence-corrected chi connectivity index (χ4v) is 6.49. The molecule has 2 amide bonds. The first-order valence-electron chi connectivity index (χ1n) is 12.5. The minimum absolute atomic E-state index is 0.0158. The van der Waals surface area contributed by atoms with Gasteiger partial charge in [0.1, 0.15) is 22.6 Å². The summed E-state index contributed by atoms with van der Waals surface area (Å²) in [4.78, 5) is 42.2. The zero-order chi connectivity index (χ0) is 25.0. The first-order chi connectivity index (χ1) is 17.4. The number of imide groups is 1. The molecule has 8 heteroatoms. The van der Waals surface area contributed by atoms with Gasteiger partial charge in [-0.25, -0.2) is 0 Å². The van der Waals surface area contributed by atoms with Gasteiger partial charge in [-0.3, -0.25) is 24.6 Å². The van der Waals surface area contributed by atoms with Crippen molar-refractivity contribution in [3.05, 3.63) is 65.9 Å². The number of furan rings is 1. The molecule has 8 nitrogen and oxygen atoms in total. The molecular formula is C28H28N2O6. The quantitative estimate of drug-likeness (QED) is 0.468. The van der Waals surface area contributed by atoms with E-state index in [0.29, 0.717) is 16.9 Å². The maximum absolute atomic E-state index is 13.9. The molecule has 1 aliphatic carbocycles. The first-order valence-corrected chi connectivity index (χ1v) is 12.5. The first kappa shape index (κ1) is 22.8. The van der Waals surface area contributed by atoms with Gasteiger partial charge in [0, 0.05) is 17.8 Å². The predicted octanol–water partition coefficient (Wildman–Crippen LogP) is 3.78. The van der Waals surface area contributed by atoms with Crippen LogP contribution in [0.25, 0.3) is 11.0 Å². The van der Waals surface area contributed by atoms with Gasteiger partial charge in [0.25, 0.3) is 0 Å². The van der Waals surface area contributed by atoms with Crippen molar-refractivity contribution in [1.29, 1.82) is 0 Å². The van der Waals surface area contributed by atoms with E-state index in [1.807, 2.05) is 30.3 Å². The molecule has 4 atom stereocenters. The normalized spacial score (nSPS) is 28.7. The average molecular weight is 489 g/mol. The highest BCUT2D eigenvalue weighted by molar-refractivity contribution is 6.09. The van der Waals surface area contributed by atoms with Gasteiger partial charge in [-0.2, -0.15) is 0 Å². The van der Waals surface area contributed by atoms with Gasteiger partial charge in [0.15, 0.2) is 0 Å². The summed E-state index contributed by atoms with van der Waals surface area (Å²) >= 11 is 0. The van der Waals surface area contributed by atoms with E-state index in [1.165, 1.54) is 17.0 Å². The van der Waals surface area contributed by atoms with E-state index >= 15 is 0 Å². The van der Waals surface area contributed by atoms with E-state index in [1.54, 1.807) is 12.1 Å². The maximum Gasteiger partial charge on any atom is 0.325 e. The van der Waals surface area contributed by atoms with Crippen LogP contribution in [0, 0.1) is 11.8 Å². The van der Waals surface area contributed by atoms with Crippen LogP contribution in [0.15, 0.2) is 59.0 Å². The molecule has 1 saturated carbocycles. The number of fused-ring (bicyclic) bond motifs is 2. The maximum atomic E-state index is 13.9. The number of benzene rings is 2. The Morgan fingerprint density at radius 1 is 1.03 bits per heavy atom. The monoisotopic (exact) mass is 488 g/mol. The molecule has 0 bridgehead atoms. The third kappa shape index (κ3) is 3.43. The van der Waals surface area contributed by atoms with Crippen molar-refractivity contribution in [2.75, 3.05) is 0 Å². The molecule has 186 valence electrons. The van der Waals surface area contributed by atoms with E-state index in [9.17, 15) is 24.6 Å². The lowest BCUT2D eigenvalue weighted by molar-refractivity contribution is -0.152. The molecule has 2 saturated heterocycles. The second-order valence-corrected chi connectivity index (χ2v) is 10.3. The van der Waals surface area contributed by atoms with Gasteiger partial charge in [0.05, 0.1) is 17.9 Å². The van der Waals surface area contributed by atoms with Crippen molar-refractivity contribution in [3.8, 4) is 5.75 Å². The Kier molecular flexibility index (Phi) is 5.37. The Hall–Kier alpha value is -3.65. The summed E-state index contributed by atoms with van der Waals surface area (Å²) in [6.45, 7) is 0. The molecule has 4 unspecified atom stereocenters. The third-order valence-electron chi connectivity index (χ3n) is 8.18. The van der Waals surface area contributed by atoms with Gasteiger partial charge in [-0.15, -0.1) is 0 Å². The van der Waals surface area contributed by atoms with Crippen LogP contribution in [-0.2, 0) is 20.8 Å². The van der Waals surface area contributed by atoms with Gasteiger partial charge in [0.2, 0.25) is 11.8 Å². The van der Waals surface area contributed by atoms with Crippen LogP contribution in [0.3, 0.4) is 0 Å². The van der Waals surface area contributed by atoms with E-state index in [-0.39, 0.29) is 24.1 Å². The SMILES string of the molecule is O=C1C2C(c3cc4ccccc4o3)NC(Cc3ccc(O)cc3)(C(=O)O)C2C(=O)N1C1CCCCC1. The number of amides is 2. The average Bonchev–Trinajstić information content (AvgIpc) is 3.53. The van der Waals surface area contributed by atoms with E-state index < -0.39 is 35.3 Å². The number of hydrogen-bond donors (Lipinski definition) is 3. The standard InChI is InChI=1S/C28H28N2O6/c31-19-12-10-16(11-13-19)15-28(27(34)35)23-22(25(32)30(26(23)33)18-7-2-1-3-8-18)24(29-28)21-14-17-6-4-5-9-20(17)36-21/h4-6,9-14,18,22-24,29,31H,1-3,7-8,15H2,(H,34,35). The topological polar surface area (TPSA) is 120 Å². The fraction of sp³-hybridized carbons (Fsp3) is 0.393. The van der Waals surface area contributed by atoms with Crippen molar-refractivity contribution in [2.24, 2.45) is 11.8 Å². The number of phenolic OH excluding ortho intramolecular Hbond substituents is 1. The zero-order valence-corrected chi connectivity index (χ0v) is 19.7. The summed E-state index contributed by atoms with van der Waals surface area (Å²) in [6.07, 6.45) is 4.44. The lowest BCUT2D eigenvalue weighted by atomic mass is 9.76. The number of nitrogens with one attached hydrogen (secondary N) is 1. The lowest BCUT2D eigenvalue weighted by Crippen LogP contribution is -2.58. The summed E-state index contributed by atoms with van der Waals surface area (Å²) < 4.78 is 6.09. The van der Waals surface area contributed by atoms with E-state index in [0.717, 1.165) is 37.5 Å². The van der Waals surface area contributed by atoms with E-state index in [2.05, 4.69) is 5.32 Å². The number of likely N-dealkylation sites (tertiary alicyclic amines) is 1. The van der Waals surface area contributed by atoms with Gasteiger partial charge >= 0.3 is 5.97 Å². The van der Waals surface area contributed by atoms with Crippen molar-refractivity contribution < 1.29 is 29.0 Å². The molecule has 1 aromatic heterocycles. The van der Waals surface area contributed by atoms with Crippen molar-refractivity contribution >= 4 is 28.8 Å². The second kappa shape index (κ2) is 8.48. The summed E-state index contributed by atoms with van der Waals surface area (Å²) in [5.74, 6) is -3.35. The number of phenols is 1. The number of carbonyl (C=O) groups excluding carboxylic acids is 2. The Bertz CT molecular complexity index is 1310. The van der Waals surface area contributed by atoms with Crippen LogP contribution in [0.4, 0.5) is 0 Å². The molecule has 0 spiro atoms. The van der Waals surface area contributed by atoms with Crippen LogP contribution in [-0.4, -0.2) is 44.5 Å². The molecule has 2 aliphatic heterocycles. The Labute approximate surface area is 207 Å². The minimum Gasteiger partial charge on any atom is -0.508 e. The Morgan fingerprint density at radius 3 is 2.44 bits per heavy atom. The van der Waals surface area contributed by atoms with Crippen LogP contribution in [0.1, 0.15) is 49.5 Å². The largest absolute Gasteiger partial charge is 0.508 e. The lowest BCUT2D eigenvalue weighted by Gasteiger charge is -2.34. The number of nitrogens with zero attached hydrogens (tertiary/aromatic N) is 1. The number of rotatable bonds is 5. The smallest absolute Gasteiger partial charge is 0.325 e. The van der Waals surface area contributed by atoms with Gasteiger partial charge in [-0.05, 0) is 42.7 Å². The molecule has 3 N–H and O–H groups in total. The van der Waals surface area contributed by atoms with Crippen LogP contribution >= 0.6 is 0 Å². The highest BCUT2D eigenvalue weighted by Crippen LogP contribution is 2.51. The number of aliphatic carboxylic acids is 1. The molecule has 3 heterocycles. The molecule has 6 rings (SSSR count). The Balaban J connectivity index is 1.47. The van der Waals surface area contributed by atoms with Gasteiger partial charge < -0.3 is 14.6 Å². The molecule has 3 aliphatic rings. The van der Waals surface area contributed by atoms with Crippen molar-refractivity contribution in [3.63, 3.8) is 0 Å². The molecule has 2 aromatic carbocycles. The van der Waals surface area contributed by atoms with Crippen LogP contribution < -0.4 is 5.32 Å². The minimum atomic E-state index is -1.71. The number of carbonyl (C=O) groups is 3. The number of carboxylic acids is 1. The zero-order valence-electron chi connectivity index (χ0n) is 19.7. The van der Waals surface area contributed by atoms with Gasteiger partial charge in [-0.1, -0.05) is 49.6 Å². The van der Waals surface area contributed by atoms with Crippen LogP contribution in [0.5, 0.6) is 5.75 Å². The number of hydrogen-bond acceptors (Lipinski definition) is 6. The van der Waals surface area contributed by atoms with E-state index in [4.69, 9.17) is 4.42 Å². The van der Waals surface area contributed by atoms with Crippen molar-refractivity contribution in [2.45, 2.75) is 56.1 Å². The molecular weight excluding hydrogens is 460 g/mol. The summed E-state index contributed by atoms with van der Waals surface area (Å²) in [5, 5.41) is 24.4. The molecule has 3 fully saturated rings. The third-order valence-corrected chi connectivity index (χ3v) is 8.18. The second-order valence-electron chi connectivity index (χ2n) is 10.3. The molecule has 36 heavy (non-hydrogen) atoms. The fourth-order valence-electron chi connectivity index (χ4n) is 6.49. The van der Waals surface area contributed by atoms with Crippen molar-refractivity contribution in [1.82, 2.24) is 10.2 Å². The predicted molar refractivity (Wildman–Crippen MR) is 130 cm³/mol. The highest BCUT2D eigenvalue weighted by atomic mass is 16.4. The Morgan fingerprint density at radius 2 is 1.75 bits per heavy atom. The number of para-hydroxylation sites is 1. The summed E-state index contributed by atoms with van der Waals surface area (Å²) in [6, 6.07) is 14.6. The number of carboxylic acid groups (broad SMARTS) is 1. The molecule has 3 aromatic rings. The number of aromatic hydroxyl groups is 1. The summed E-state index contributed by atoms with van der Waals surface area (Å²) in [5.41, 5.74) is -0.428. The summed E-state index contributed by atoms with van der Waals surface area (Å²) in [7, 11) is 0. The van der Waals surface area contributed by atoms with Crippen LogP contribution in [0.2, 0.25) is 0 Å².